The molecule has 1 heterocycles. The Morgan fingerprint density at radius 2 is 1.78 bits per heavy atom. The highest BCUT2D eigenvalue weighted by atomic mass is 19.4. The number of rotatable bonds is 2. The van der Waals surface area contributed by atoms with E-state index >= 15 is 0 Å². The molecule has 1 spiro atoms. The highest BCUT2D eigenvalue weighted by Gasteiger charge is 2.51. The molecule has 1 aliphatic carbocycles. The molecule has 1 saturated carbocycles. The van der Waals surface area contributed by atoms with Gasteiger partial charge in [-0.05, 0) is 37.0 Å². The van der Waals surface area contributed by atoms with Crippen LogP contribution in [0.15, 0.2) is 0 Å². The molecular weight excluding hydrogens is 309 g/mol. The second-order valence-corrected chi connectivity index (χ2v) is 8.14. The van der Waals surface area contributed by atoms with Gasteiger partial charge in [-0.1, -0.05) is 27.2 Å². The minimum Gasteiger partial charge on any atom is -0.338 e. The molecule has 0 aromatic heterocycles. The van der Waals surface area contributed by atoms with Crippen molar-refractivity contribution in [1.82, 2.24) is 10.2 Å². The number of amides is 2. The summed E-state index contributed by atoms with van der Waals surface area (Å²) in [6.07, 6.45) is -0.826. The molecule has 132 valence electrons. The standard InChI is InChI=1S/C16H25F3N2O2/c1-10-8-15(6-5-7-15)9-21(10)12(22)11(14(2,3)4)20-13(23)16(17,18)19/h10-11H,5-9H2,1-4H3,(H,20,23). The van der Waals surface area contributed by atoms with Gasteiger partial charge < -0.3 is 10.2 Å². The lowest BCUT2D eigenvalue weighted by molar-refractivity contribution is -0.176. The van der Waals surface area contributed by atoms with E-state index in [0.29, 0.717) is 6.54 Å². The van der Waals surface area contributed by atoms with Gasteiger partial charge in [-0.15, -0.1) is 0 Å². The number of carbonyl (C=O) groups is 2. The van der Waals surface area contributed by atoms with Crippen LogP contribution in [0.2, 0.25) is 0 Å². The molecule has 1 aliphatic heterocycles. The zero-order chi connectivity index (χ0) is 17.6. The molecule has 2 atom stereocenters. The predicted molar refractivity (Wildman–Crippen MR) is 79.5 cm³/mol. The van der Waals surface area contributed by atoms with E-state index in [2.05, 4.69) is 0 Å². The Balaban J connectivity index is 2.16. The van der Waals surface area contributed by atoms with Gasteiger partial charge in [-0.2, -0.15) is 13.2 Å². The number of nitrogens with one attached hydrogen (secondary N) is 1. The smallest absolute Gasteiger partial charge is 0.338 e. The van der Waals surface area contributed by atoms with Gasteiger partial charge in [0.2, 0.25) is 5.91 Å². The van der Waals surface area contributed by atoms with Gasteiger partial charge in [0, 0.05) is 12.6 Å². The van der Waals surface area contributed by atoms with Crippen molar-refractivity contribution in [3.63, 3.8) is 0 Å². The van der Waals surface area contributed by atoms with Crippen LogP contribution >= 0.6 is 0 Å². The molecule has 2 fully saturated rings. The molecule has 2 rings (SSSR count). The molecule has 4 nitrogen and oxygen atoms in total. The Kier molecular flexibility index (Phi) is 4.45. The van der Waals surface area contributed by atoms with Gasteiger partial charge in [-0.3, -0.25) is 9.59 Å². The quantitative estimate of drug-likeness (QED) is 0.844. The van der Waals surface area contributed by atoms with E-state index in [0.717, 1.165) is 25.7 Å². The molecule has 0 aromatic carbocycles. The van der Waals surface area contributed by atoms with Crippen molar-refractivity contribution in [3.05, 3.63) is 0 Å². The van der Waals surface area contributed by atoms with Crippen LogP contribution in [0.3, 0.4) is 0 Å². The molecule has 2 amide bonds. The molecule has 0 bridgehead atoms. The van der Waals surface area contributed by atoms with E-state index in [1.807, 2.05) is 12.2 Å². The fourth-order valence-electron chi connectivity index (χ4n) is 3.68. The van der Waals surface area contributed by atoms with Gasteiger partial charge in [0.15, 0.2) is 0 Å². The normalized spacial score (nSPS) is 25.2. The van der Waals surface area contributed by atoms with Crippen molar-refractivity contribution in [3.8, 4) is 0 Å². The van der Waals surface area contributed by atoms with Crippen LogP contribution in [0.25, 0.3) is 0 Å². The summed E-state index contributed by atoms with van der Waals surface area (Å²) in [6, 6.07) is -1.19. The summed E-state index contributed by atoms with van der Waals surface area (Å²) in [5, 5.41) is 1.90. The van der Waals surface area contributed by atoms with Crippen LogP contribution in [0.1, 0.15) is 53.4 Å². The topological polar surface area (TPSA) is 49.4 Å². The molecule has 23 heavy (non-hydrogen) atoms. The van der Waals surface area contributed by atoms with Crippen LogP contribution < -0.4 is 5.32 Å². The second-order valence-electron chi connectivity index (χ2n) is 8.14. The summed E-state index contributed by atoms with van der Waals surface area (Å²) in [6.45, 7) is 7.49. The molecule has 0 radical (unpaired) electrons. The average Bonchev–Trinajstić information content (AvgIpc) is 2.70. The molecule has 0 aromatic rings. The minimum absolute atomic E-state index is 0.00422. The summed E-state index contributed by atoms with van der Waals surface area (Å²) in [5.74, 6) is -2.47. The van der Waals surface area contributed by atoms with Crippen LogP contribution in [0.5, 0.6) is 0 Å². The summed E-state index contributed by atoms with van der Waals surface area (Å²) in [5.41, 5.74) is -0.654. The highest BCUT2D eigenvalue weighted by molar-refractivity contribution is 5.90. The Morgan fingerprint density at radius 1 is 1.22 bits per heavy atom. The number of halogens is 3. The van der Waals surface area contributed by atoms with Crippen molar-refractivity contribution in [2.45, 2.75) is 71.6 Å². The third kappa shape index (κ3) is 3.63. The maximum atomic E-state index is 12.8. The zero-order valence-electron chi connectivity index (χ0n) is 14.1. The first-order valence-electron chi connectivity index (χ1n) is 8.04. The number of hydrogen-bond donors (Lipinski definition) is 1. The molecule has 1 N–H and O–H groups in total. The van der Waals surface area contributed by atoms with E-state index in [1.54, 1.807) is 25.7 Å². The molecule has 7 heteroatoms. The van der Waals surface area contributed by atoms with Crippen molar-refractivity contribution in [2.75, 3.05) is 6.54 Å². The van der Waals surface area contributed by atoms with E-state index in [4.69, 9.17) is 0 Å². The fourth-order valence-corrected chi connectivity index (χ4v) is 3.68. The van der Waals surface area contributed by atoms with Gasteiger partial charge >= 0.3 is 12.1 Å². The van der Waals surface area contributed by atoms with E-state index in [-0.39, 0.29) is 11.5 Å². The summed E-state index contributed by atoms with van der Waals surface area (Å²) < 4.78 is 37.7. The van der Waals surface area contributed by atoms with Crippen molar-refractivity contribution >= 4 is 11.8 Å². The minimum atomic E-state index is -4.99. The first-order valence-corrected chi connectivity index (χ1v) is 8.04. The third-order valence-corrected chi connectivity index (χ3v) is 5.11. The lowest BCUT2D eigenvalue weighted by Crippen LogP contribution is -2.57. The highest BCUT2D eigenvalue weighted by Crippen LogP contribution is 2.50. The number of carbonyl (C=O) groups excluding carboxylic acids is 2. The largest absolute Gasteiger partial charge is 0.471 e. The van der Waals surface area contributed by atoms with Gasteiger partial charge in [0.1, 0.15) is 6.04 Å². The monoisotopic (exact) mass is 334 g/mol. The van der Waals surface area contributed by atoms with Crippen molar-refractivity contribution < 1.29 is 22.8 Å². The van der Waals surface area contributed by atoms with Crippen LogP contribution in [-0.2, 0) is 9.59 Å². The Hall–Kier alpha value is -1.27. The van der Waals surface area contributed by atoms with E-state index in [1.165, 1.54) is 0 Å². The fraction of sp³-hybridized carbons (Fsp3) is 0.875. The number of hydrogen-bond acceptors (Lipinski definition) is 2. The Morgan fingerprint density at radius 3 is 2.13 bits per heavy atom. The summed E-state index contributed by atoms with van der Waals surface area (Å²) >= 11 is 0. The van der Waals surface area contributed by atoms with Gasteiger partial charge in [0.25, 0.3) is 0 Å². The maximum Gasteiger partial charge on any atom is 0.471 e. The first kappa shape index (κ1) is 18.1. The average molecular weight is 334 g/mol. The maximum absolute atomic E-state index is 12.8. The molecule has 2 aliphatic rings. The summed E-state index contributed by atoms with van der Waals surface area (Å²) in [4.78, 5) is 25.8. The van der Waals surface area contributed by atoms with Gasteiger partial charge in [-0.25, -0.2) is 0 Å². The molecule has 1 saturated heterocycles. The number of alkyl halides is 3. The third-order valence-electron chi connectivity index (χ3n) is 5.11. The van der Waals surface area contributed by atoms with E-state index in [9.17, 15) is 22.8 Å². The van der Waals surface area contributed by atoms with Crippen molar-refractivity contribution in [1.29, 1.82) is 0 Å². The Labute approximate surface area is 134 Å². The predicted octanol–water partition coefficient (Wildman–Crippen LogP) is 2.87. The Bertz CT molecular complexity index is 493. The number of nitrogens with zero attached hydrogens (tertiary/aromatic N) is 1. The summed E-state index contributed by atoms with van der Waals surface area (Å²) in [7, 11) is 0. The molecular formula is C16H25F3N2O2. The first-order chi connectivity index (χ1) is 10.4. The van der Waals surface area contributed by atoms with Crippen LogP contribution in [0, 0.1) is 10.8 Å². The van der Waals surface area contributed by atoms with Crippen molar-refractivity contribution in [2.24, 2.45) is 10.8 Å². The number of likely N-dealkylation sites (tertiary alicyclic amines) is 1. The van der Waals surface area contributed by atoms with Gasteiger partial charge in [0.05, 0.1) is 0 Å². The van der Waals surface area contributed by atoms with Crippen LogP contribution in [-0.4, -0.2) is 41.5 Å². The zero-order valence-corrected chi connectivity index (χ0v) is 14.1. The van der Waals surface area contributed by atoms with E-state index < -0.39 is 29.4 Å². The molecule has 2 unspecified atom stereocenters. The lowest BCUT2D eigenvalue weighted by Gasteiger charge is -2.39. The second kappa shape index (κ2) is 5.67. The SMILES string of the molecule is CC1CC2(CCC2)CN1C(=O)C(NC(=O)C(F)(F)F)C(C)(C)C. The lowest BCUT2D eigenvalue weighted by atomic mass is 9.68. The van der Waals surface area contributed by atoms with Crippen LogP contribution in [0.4, 0.5) is 13.2 Å².